The minimum atomic E-state index is 0.712. The molecule has 0 saturated carbocycles. The second-order valence-corrected chi connectivity index (χ2v) is 10.0. The normalized spacial score (nSPS) is 18.7. The molecule has 2 aromatic rings. The van der Waals surface area contributed by atoms with E-state index < -0.39 is 0 Å². The number of hydrogen-bond acceptors (Lipinski definition) is 4. The summed E-state index contributed by atoms with van der Waals surface area (Å²) in [5.41, 5.74) is 4.45. The lowest BCUT2D eigenvalue weighted by molar-refractivity contribution is -0.896. The lowest BCUT2D eigenvalue weighted by atomic mass is 9.91. The average molecular weight is 422 g/mol. The number of nitrogens with zero attached hydrogens (tertiary/aromatic N) is 4. The van der Waals surface area contributed by atoms with Crippen LogP contribution in [-0.2, 0) is 0 Å². The number of H-pyrrole nitrogens is 1. The van der Waals surface area contributed by atoms with Gasteiger partial charge < -0.3 is 14.8 Å². The standard InChI is InChI=1S/C25H37N6/c1-17-8-9-22-23(18(2)15-17)30-24(29-22)21-16-27-25(28-19(21)3)26-12-6-7-20-10-13-31(4,5)14-11-20/h9,15-16,20H,6-8,10-14H2,1-5H3,(H,29,30)(H,26,27,28)/q+1. The van der Waals surface area contributed by atoms with Crippen LogP contribution in [0.25, 0.3) is 23.0 Å². The Bertz CT molecular complexity index is 1080. The Kier molecular flexibility index (Phi) is 6.28. The van der Waals surface area contributed by atoms with E-state index in [2.05, 4.69) is 55.4 Å². The molecule has 3 heterocycles. The molecule has 2 aromatic heterocycles. The van der Waals surface area contributed by atoms with Crippen LogP contribution < -0.4 is 16.0 Å². The highest BCUT2D eigenvalue weighted by Crippen LogP contribution is 2.24. The number of anilines is 1. The van der Waals surface area contributed by atoms with Gasteiger partial charge >= 0.3 is 0 Å². The van der Waals surface area contributed by atoms with Gasteiger partial charge in [-0.15, -0.1) is 0 Å². The van der Waals surface area contributed by atoms with Crippen molar-refractivity contribution >= 4 is 17.6 Å². The van der Waals surface area contributed by atoms with Gasteiger partial charge in [0.25, 0.3) is 0 Å². The maximum absolute atomic E-state index is 4.85. The van der Waals surface area contributed by atoms with Gasteiger partial charge in [0.1, 0.15) is 5.82 Å². The predicted octanol–water partition coefficient (Wildman–Crippen LogP) is 3.15. The number of aryl methyl sites for hydroxylation is 1. The molecule has 0 aromatic carbocycles. The van der Waals surface area contributed by atoms with Crippen LogP contribution in [0.15, 0.2) is 17.8 Å². The molecule has 0 atom stereocenters. The quantitative estimate of drug-likeness (QED) is 0.555. The zero-order chi connectivity index (χ0) is 22.0. The summed E-state index contributed by atoms with van der Waals surface area (Å²) in [7, 11) is 4.69. The largest absolute Gasteiger partial charge is 0.354 e. The third kappa shape index (κ3) is 5.24. The number of quaternary nitrogens is 1. The average Bonchev–Trinajstić information content (AvgIpc) is 3.09. The van der Waals surface area contributed by atoms with Crippen LogP contribution in [0.4, 0.5) is 5.95 Å². The smallest absolute Gasteiger partial charge is 0.222 e. The molecule has 0 amide bonds. The van der Waals surface area contributed by atoms with Gasteiger partial charge in [-0.3, -0.25) is 0 Å². The zero-order valence-corrected chi connectivity index (χ0v) is 19.8. The molecule has 0 unspecified atom stereocenters. The van der Waals surface area contributed by atoms with Crippen LogP contribution in [0, 0.1) is 12.8 Å². The Balaban J connectivity index is 1.37. The van der Waals surface area contributed by atoms with E-state index in [0.29, 0.717) is 5.95 Å². The van der Waals surface area contributed by atoms with Gasteiger partial charge in [0, 0.05) is 12.7 Å². The van der Waals surface area contributed by atoms with E-state index >= 15 is 0 Å². The van der Waals surface area contributed by atoms with Crippen LogP contribution in [0.1, 0.15) is 51.6 Å². The van der Waals surface area contributed by atoms with Crippen molar-refractivity contribution in [2.75, 3.05) is 39.0 Å². The fourth-order valence-corrected chi connectivity index (χ4v) is 4.71. The van der Waals surface area contributed by atoms with Gasteiger partial charge in [-0.2, -0.15) is 0 Å². The molecule has 1 saturated heterocycles. The van der Waals surface area contributed by atoms with E-state index in [1.165, 1.54) is 54.4 Å². The highest BCUT2D eigenvalue weighted by molar-refractivity contribution is 5.62. The molecule has 2 N–H and O–H groups in total. The summed E-state index contributed by atoms with van der Waals surface area (Å²) in [6.45, 7) is 9.85. The molecule has 0 bridgehead atoms. The van der Waals surface area contributed by atoms with E-state index in [0.717, 1.165) is 46.7 Å². The van der Waals surface area contributed by atoms with Gasteiger partial charge in [0.05, 0.1) is 49.1 Å². The van der Waals surface area contributed by atoms with E-state index in [-0.39, 0.29) is 0 Å². The minimum Gasteiger partial charge on any atom is -0.354 e. The van der Waals surface area contributed by atoms with Crippen molar-refractivity contribution in [1.82, 2.24) is 19.9 Å². The number of rotatable bonds is 6. The summed E-state index contributed by atoms with van der Waals surface area (Å²) in [5.74, 6) is 2.43. The number of likely N-dealkylation sites (tertiary alicyclic amines) is 1. The van der Waals surface area contributed by atoms with Crippen molar-refractivity contribution in [3.63, 3.8) is 0 Å². The number of fused-ring (bicyclic) bond motifs is 1. The minimum absolute atomic E-state index is 0.712. The third-order valence-corrected chi connectivity index (χ3v) is 6.79. The molecule has 6 nitrogen and oxygen atoms in total. The summed E-state index contributed by atoms with van der Waals surface area (Å²) in [5, 5.41) is 5.53. The summed E-state index contributed by atoms with van der Waals surface area (Å²) >= 11 is 0. The predicted molar refractivity (Wildman–Crippen MR) is 128 cm³/mol. The van der Waals surface area contributed by atoms with Crippen molar-refractivity contribution in [3.8, 4) is 11.4 Å². The highest BCUT2D eigenvalue weighted by atomic mass is 15.3. The van der Waals surface area contributed by atoms with Gasteiger partial charge in [0.2, 0.25) is 5.95 Å². The Morgan fingerprint density at radius 3 is 2.65 bits per heavy atom. The Hall–Kier alpha value is -2.47. The van der Waals surface area contributed by atoms with Crippen LogP contribution in [0.3, 0.4) is 0 Å². The monoisotopic (exact) mass is 421 g/mol. The summed E-state index contributed by atoms with van der Waals surface area (Å²) in [6.07, 6.45) is 12.4. The molecule has 1 aliphatic heterocycles. The van der Waals surface area contributed by atoms with Crippen molar-refractivity contribution in [3.05, 3.63) is 34.2 Å². The molecule has 1 aliphatic carbocycles. The second kappa shape index (κ2) is 8.95. The molecule has 0 spiro atoms. The molecule has 6 heteroatoms. The molecule has 1 fully saturated rings. The Labute approximate surface area is 185 Å². The first kappa shape index (κ1) is 21.8. The number of aromatic nitrogens is 4. The number of imidazole rings is 1. The number of nitrogens with one attached hydrogen (secondary N) is 2. The zero-order valence-electron chi connectivity index (χ0n) is 19.8. The lowest BCUT2D eigenvalue weighted by Crippen LogP contribution is -2.46. The fraction of sp³-hybridized carbons (Fsp3) is 0.560. The third-order valence-electron chi connectivity index (χ3n) is 6.79. The molecule has 4 rings (SSSR count). The number of allylic oxidation sites excluding steroid dienone is 2. The van der Waals surface area contributed by atoms with Gasteiger partial charge in [-0.1, -0.05) is 17.7 Å². The van der Waals surface area contributed by atoms with Crippen LogP contribution in [0.5, 0.6) is 0 Å². The van der Waals surface area contributed by atoms with E-state index in [1.54, 1.807) is 0 Å². The van der Waals surface area contributed by atoms with Crippen molar-refractivity contribution < 1.29 is 4.48 Å². The SMILES string of the molecule is CC1=CC(C)=c2nc(-c3cnc(NCCCC4CC[N+](C)(C)CC4)nc3C)[nH]c2=CC1. The first-order chi connectivity index (χ1) is 14.8. The Morgan fingerprint density at radius 2 is 1.90 bits per heavy atom. The van der Waals surface area contributed by atoms with Gasteiger partial charge in [0.15, 0.2) is 0 Å². The first-order valence-corrected chi connectivity index (χ1v) is 11.6. The molecule has 166 valence electrons. The van der Waals surface area contributed by atoms with Crippen LogP contribution in [0.2, 0.25) is 0 Å². The lowest BCUT2D eigenvalue weighted by Gasteiger charge is -2.37. The molecular formula is C25H37N6+. The van der Waals surface area contributed by atoms with Crippen LogP contribution >= 0.6 is 0 Å². The maximum Gasteiger partial charge on any atom is 0.222 e. The summed E-state index contributed by atoms with van der Waals surface area (Å²) < 4.78 is 1.18. The van der Waals surface area contributed by atoms with Crippen molar-refractivity contribution in [1.29, 1.82) is 0 Å². The maximum atomic E-state index is 4.85. The first-order valence-electron chi connectivity index (χ1n) is 11.6. The van der Waals surface area contributed by atoms with Crippen molar-refractivity contribution in [2.45, 2.75) is 52.9 Å². The van der Waals surface area contributed by atoms with E-state index in [9.17, 15) is 0 Å². The topological polar surface area (TPSA) is 66.5 Å². The molecular weight excluding hydrogens is 384 g/mol. The number of aromatic amines is 1. The fourth-order valence-electron chi connectivity index (χ4n) is 4.71. The van der Waals surface area contributed by atoms with Gasteiger partial charge in [-0.25, -0.2) is 15.0 Å². The number of hydrogen-bond donors (Lipinski definition) is 2. The molecule has 0 radical (unpaired) electrons. The highest BCUT2D eigenvalue weighted by Gasteiger charge is 2.25. The van der Waals surface area contributed by atoms with Crippen LogP contribution in [-0.4, -0.2) is 58.1 Å². The molecule has 31 heavy (non-hydrogen) atoms. The number of piperidine rings is 1. The summed E-state index contributed by atoms with van der Waals surface area (Å²) in [6, 6.07) is 0. The Morgan fingerprint density at radius 1 is 1.13 bits per heavy atom. The van der Waals surface area contributed by atoms with E-state index in [4.69, 9.17) is 9.97 Å². The molecule has 2 aliphatic rings. The van der Waals surface area contributed by atoms with Crippen molar-refractivity contribution in [2.24, 2.45) is 5.92 Å². The van der Waals surface area contributed by atoms with Gasteiger partial charge in [-0.05, 0) is 64.4 Å². The second-order valence-electron chi connectivity index (χ2n) is 10.0. The summed E-state index contributed by atoms with van der Waals surface area (Å²) in [4.78, 5) is 17.6. The van der Waals surface area contributed by atoms with E-state index in [1.807, 2.05) is 13.1 Å².